The summed E-state index contributed by atoms with van der Waals surface area (Å²) < 4.78 is 0. The zero-order valence-corrected chi connectivity index (χ0v) is 12.3. The van der Waals surface area contributed by atoms with Crippen LogP contribution in [-0.4, -0.2) is 12.5 Å². The highest BCUT2D eigenvalue weighted by molar-refractivity contribution is 5.90. The highest BCUT2D eigenvalue weighted by atomic mass is 16.1. The monoisotopic (exact) mass is 262 g/mol. The molecular formula is C16H26N2O. The number of hydrogen-bond donors (Lipinski definition) is 2. The van der Waals surface area contributed by atoms with Crippen LogP contribution in [0.1, 0.15) is 58.1 Å². The van der Waals surface area contributed by atoms with Gasteiger partial charge in [0.2, 0.25) is 5.91 Å². The molecular weight excluding hydrogens is 236 g/mol. The molecule has 0 heterocycles. The highest BCUT2D eigenvalue weighted by Gasteiger charge is 2.05. The van der Waals surface area contributed by atoms with Crippen molar-refractivity contribution in [1.82, 2.24) is 5.32 Å². The number of amides is 1. The first-order valence-corrected chi connectivity index (χ1v) is 7.30. The minimum absolute atomic E-state index is 0.112. The normalized spacial score (nSPS) is 12.2. The molecule has 0 bridgehead atoms. The number of nitrogens with one attached hydrogen (secondary N) is 2. The fourth-order valence-electron chi connectivity index (χ4n) is 2.04. The Labute approximate surface area is 116 Å². The lowest BCUT2D eigenvalue weighted by atomic mass is 10.1. The molecule has 1 aromatic rings. The van der Waals surface area contributed by atoms with Crippen LogP contribution < -0.4 is 10.6 Å². The van der Waals surface area contributed by atoms with Gasteiger partial charge in [0, 0.05) is 18.2 Å². The van der Waals surface area contributed by atoms with Crippen molar-refractivity contribution < 1.29 is 4.79 Å². The van der Waals surface area contributed by atoms with E-state index in [1.165, 1.54) is 5.56 Å². The van der Waals surface area contributed by atoms with Gasteiger partial charge in [0.1, 0.15) is 0 Å². The SMILES string of the molecule is CCCCCC(=O)Nc1ccc(C(C)NCC)cc1. The zero-order chi connectivity index (χ0) is 14.1. The predicted molar refractivity (Wildman–Crippen MR) is 81.3 cm³/mol. The first-order valence-electron chi connectivity index (χ1n) is 7.30. The molecule has 0 saturated carbocycles. The molecule has 0 aliphatic heterocycles. The molecule has 1 unspecified atom stereocenters. The first kappa shape index (κ1) is 15.7. The summed E-state index contributed by atoms with van der Waals surface area (Å²) in [6, 6.07) is 8.42. The van der Waals surface area contributed by atoms with Gasteiger partial charge in [-0.2, -0.15) is 0 Å². The van der Waals surface area contributed by atoms with Crippen LogP contribution in [0.3, 0.4) is 0 Å². The number of hydrogen-bond acceptors (Lipinski definition) is 2. The Kier molecular flexibility index (Phi) is 7.19. The third-order valence-electron chi connectivity index (χ3n) is 3.21. The van der Waals surface area contributed by atoms with Crippen molar-refractivity contribution in [3.05, 3.63) is 29.8 Å². The lowest BCUT2D eigenvalue weighted by Gasteiger charge is -2.13. The van der Waals surface area contributed by atoms with Crippen LogP contribution in [0.15, 0.2) is 24.3 Å². The fraction of sp³-hybridized carbons (Fsp3) is 0.562. The molecule has 1 aromatic carbocycles. The Balaban J connectivity index is 2.45. The van der Waals surface area contributed by atoms with Crippen LogP contribution in [0.2, 0.25) is 0 Å². The topological polar surface area (TPSA) is 41.1 Å². The molecule has 0 spiro atoms. The van der Waals surface area contributed by atoms with E-state index >= 15 is 0 Å². The molecule has 0 radical (unpaired) electrons. The molecule has 1 amide bonds. The second kappa shape index (κ2) is 8.70. The van der Waals surface area contributed by atoms with E-state index in [0.29, 0.717) is 12.5 Å². The first-order chi connectivity index (χ1) is 9.17. The van der Waals surface area contributed by atoms with E-state index in [9.17, 15) is 4.79 Å². The van der Waals surface area contributed by atoms with Gasteiger partial charge in [0.15, 0.2) is 0 Å². The van der Waals surface area contributed by atoms with E-state index in [1.54, 1.807) is 0 Å². The quantitative estimate of drug-likeness (QED) is 0.698. The molecule has 0 aromatic heterocycles. The standard InChI is InChI=1S/C16H26N2O/c1-4-6-7-8-16(19)18-15-11-9-14(10-12-15)13(3)17-5-2/h9-13,17H,4-8H2,1-3H3,(H,18,19). The summed E-state index contributed by atoms with van der Waals surface area (Å²) in [5, 5.41) is 6.31. The van der Waals surface area contributed by atoms with E-state index in [4.69, 9.17) is 0 Å². The second-order valence-electron chi connectivity index (χ2n) is 4.91. The molecule has 19 heavy (non-hydrogen) atoms. The van der Waals surface area contributed by atoms with Gasteiger partial charge in [-0.15, -0.1) is 0 Å². The lowest BCUT2D eigenvalue weighted by molar-refractivity contribution is -0.116. The van der Waals surface area contributed by atoms with E-state index < -0.39 is 0 Å². The third-order valence-corrected chi connectivity index (χ3v) is 3.21. The van der Waals surface area contributed by atoms with Gasteiger partial charge in [0.05, 0.1) is 0 Å². The lowest BCUT2D eigenvalue weighted by Crippen LogP contribution is -2.17. The Hall–Kier alpha value is -1.35. The van der Waals surface area contributed by atoms with Gasteiger partial charge in [-0.25, -0.2) is 0 Å². The minimum Gasteiger partial charge on any atom is -0.326 e. The average molecular weight is 262 g/mol. The summed E-state index contributed by atoms with van der Waals surface area (Å²) in [6.07, 6.45) is 3.85. The van der Waals surface area contributed by atoms with Crippen molar-refractivity contribution in [2.24, 2.45) is 0 Å². The van der Waals surface area contributed by atoms with Crippen LogP contribution in [0, 0.1) is 0 Å². The Morgan fingerprint density at radius 1 is 1.16 bits per heavy atom. The second-order valence-corrected chi connectivity index (χ2v) is 4.91. The van der Waals surface area contributed by atoms with E-state index in [0.717, 1.165) is 31.5 Å². The number of unbranched alkanes of at least 4 members (excludes halogenated alkanes) is 2. The van der Waals surface area contributed by atoms with Gasteiger partial charge < -0.3 is 10.6 Å². The maximum atomic E-state index is 11.7. The fourth-order valence-corrected chi connectivity index (χ4v) is 2.04. The molecule has 2 N–H and O–H groups in total. The summed E-state index contributed by atoms with van der Waals surface area (Å²) in [4.78, 5) is 11.7. The summed E-state index contributed by atoms with van der Waals surface area (Å²) in [5.74, 6) is 0.112. The van der Waals surface area contributed by atoms with Crippen molar-refractivity contribution in [3.8, 4) is 0 Å². The Morgan fingerprint density at radius 2 is 1.84 bits per heavy atom. The predicted octanol–water partition coefficient (Wildman–Crippen LogP) is 3.88. The van der Waals surface area contributed by atoms with Gasteiger partial charge >= 0.3 is 0 Å². The maximum absolute atomic E-state index is 11.7. The molecule has 3 heteroatoms. The molecule has 0 aliphatic carbocycles. The summed E-state index contributed by atoms with van der Waals surface area (Å²) in [5.41, 5.74) is 2.12. The smallest absolute Gasteiger partial charge is 0.224 e. The number of anilines is 1. The largest absolute Gasteiger partial charge is 0.326 e. The number of benzene rings is 1. The van der Waals surface area contributed by atoms with Crippen LogP contribution in [0.5, 0.6) is 0 Å². The van der Waals surface area contributed by atoms with Crippen LogP contribution in [0.4, 0.5) is 5.69 Å². The molecule has 106 valence electrons. The van der Waals surface area contributed by atoms with Crippen molar-refractivity contribution >= 4 is 11.6 Å². The molecule has 1 rings (SSSR count). The zero-order valence-electron chi connectivity index (χ0n) is 12.3. The molecule has 0 aliphatic rings. The highest BCUT2D eigenvalue weighted by Crippen LogP contribution is 2.16. The summed E-state index contributed by atoms with van der Waals surface area (Å²) >= 11 is 0. The average Bonchev–Trinajstić information content (AvgIpc) is 2.40. The summed E-state index contributed by atoms with van der Waals surface area (Å²) in [7, 11) is 0. The molecule has 1 atom stereocenters. The Morgan fingerprint density at radius 3 is 2.42 bits per heavy atom. The van der Waals surface area contributed by atoms with Crippen molar-refractivity contribution in [3.63, 3.8) is 0 Å². The Bertz CT molecular complexity index is 373. The number of carbonyl (C=O) groups is 1. The van der Waals surface area contributed by atoms with Gasteiger partial charge in [-0.05, 0) is 37.6 Å². The van der Waals surface area contributed by atoms with Crippen LogP contribution in [-0.2, 0) is 4.79 Å². The van der Waals surface area contributed by atoms with Crippen LogP contribution in [0.25, 0.3) is 0 Å². The maximum Gasteiger partial charge on any atom is 0.224 e. The van der Waals surface area contributed by atoms with E-state index in [-0.39, 0.29) is 5.91 Å². The molecule has 0 saturated heterocycles. The minimum atomic E-state index is 0.112. The van der Waals surface area contributed by atoms with Crippen LogP contribution >= 0.6 is 0 Å². The van der Waals surface area contributed by atoms with Gasteiger partial charge in [0.25, 0.3) is 0 Å². The number of rotatable bonds is 8. The van der Waals surface area contributed by atoms with Crippen molar-refractivity contribution in [2.75, 3.05) is 11.9 Å². The molecule has 3 nitrogen and oxygen atoms in total. The van der Waals surface area contributed by atoms with Gasteiger partial charge in [-0.3, -0.25) is 4.79 Å². The number of carbonyl (C=O) groups excluding carboxylic acids is 1. The van der Waals surface area contributed by atoms with Gasteiger partial charge in [-0.1, -0.05) is 38.8 Å². The molecule has 0 fully saturated rings. The van der Waals surface area contributed by atoms with E-state index in [1.807, 2.05) is 12.1 Å². The third kappa shape index (κ3) is 5.88. The van der Waals surface area contributed by atoms with E-state index in [2.05, 4.69) is 43.5 Å². The van der Waals surface area contributed by atoms with Crippen molar-refractivity contribution in [1.29, 1.82) is 0 Å². The summed E-state index contributed by atoms with van der Waals surface area (Å²) in [6.45, 7) is 7.34. The van der Waals surface area contributed by atoms with Crippen molar-refractivity contribution in [2.45, 2.75) is 52.5 Å².